The largest absolute Gasteiger partial charge is 0.478 e. The van der Waals surface area contributed by atoms with E-state index in [4.69, 9.17) is 5.11 Å². The Morgan fingerprint density at radius 3 is 2.73 bits per heavy atom. The van der Waals surface area contributed by atoms with Crippen molar-refractivity contribution in [1.29, 1.82) is 0 Å². The Morgan fingerprint density at radius 1 is 1.73 bits per heavy atom. The molecule has 0 bridgehead atoms. The molecule has 0 aromatic rings. The second-order valence-electron chi connectivity index (χ2n) is 1.69. The van der Waals surface area contributed by atoms with E-state index in [9.17, 15) is 9.59 Å². The predicted octanol–water partition coefficient (Wildman–Crippen LogP) is 0.103. The van der Waals surface area contributed by atoms with Crippen LogP contribution >= 0.6 is 24.0 Å². The first-order valence-electron chi connectivity index (χ1n) is 2.57. The number of hydrogen-bond donors (Lipinski definition) is 2. The van der Waals surface area contributed by atoms with Gasteiger partial charge in [-0.2, -0.15) is 0 Å². The summed E-state index contributed by atoms with van der Waals surface area (Å²) in [6.07, 6.45) is 0.833. The van der Waals surface area contributed by atoms with Crippen LogP contribution in [-0.4, -0.2) is 21.3 Å². The molecule has 1 aliphatic rings. The Balaban J connectivity index is 2.83. The van der Waals surface area contributed by atoms with Crippen molar-refractivity contribution in [3.63, 3.8) is 0 Å². The molecule has 0 radical (unpaired) electrons. The molecule has 0 aromatic carbocycles. The summed E-state index contributed by atoms with van der Waals surface area (Å²) in [5.74, 6) is -1.59. The van der Waals surface area contributed by atoms with Gasteiger partial charge in [-0.3, -0.25) is 4.79 Å². The van der Waals surface area contributed by atoms with Crippen LogP contribution in [0.1, 0.15) is 0 Å². The molecule has 1 aliphatic heterocycles. The number of thiocarbonyl (C=S) groups is 1. The summed E-state index contributed by atoms with van der Waals surface area (Å²) in [4.78, 5) is 21.0. The Labute approximate surface area is 71.7 Å². The van der Waals surface area contributed by atoms with Crippen molar-refractivity contribution in [3.05, 3.63) is 11.0 Å². The number of carboxylic acid groups (broad SMARTS) is 1. The highest BCUT2D eigenvalue weighted by atomic mass is 32.2. The molecule has 1 rings (SSSR count). The van der Waals surface area contributed by atoms with Gasteiger partial charge in [-0.15, -0.1) is 0 Å². The minimum atomic E-state index is -1.15. The highest BCUT2D eigenvalue weighted by Gasteiger charge is 2.22. The van der Waals surface area contributed by atoms with E-state index in [-0.39, 0.29) is 4.91 Å². The van der Waals surface area contributed by atoms with E-state index < -0.39 is 11.9 Å². The SMILES string of the molecule is O=C(O)/C=C1/SC(=S)NC1=O. The van der Waals surface area contributed by atoms with Gasteiger partial charge in [0, 0.05) is 6.08 Å². The fourth-order valence-corrected chi connectivity index (χ4v) is 1.54. The highest BCUT2D eigenvalue weighted by Crippen LogP contribution is 2.22. The lowest BCUT2D eigenvalue weighted by Gasteiger charge is -1.84. The summed E-state index contributed by atoms with van der Waals surface area (Å²) >= 11 is 5.58. The number of carbonyl (C=O) groups is 2. The molecule has 58 valence electrons. The lowest BCUT2D eigenvalue weighted by atomic mass is 10.5. The monoisotopic (exact) mass is 189 g/mol. The summed E-state index contributed by atoms with van der Waals surface area (Å²) in [5, 5.41) is 10.6. The van der Waals surface area contributed by atoms with Crippen LogP contribution in [0, 0.1) is 0 Å². The zero-order valence-electron chi connectivity index (χ0n) is 5.16. The maximum absolute atomic E-state index is 10.8. The van der Waals surface area contributed by atoms with Gasteiger partial charge in [0.2, 0.25) is 0 Å². The molecule has 4 nitrogen and oxygen atoms in total. The van der Waals surface area contributed by atoms with Crippen LogP contribution in [0.2, 0.25) is 0 Å². The van der Waals surface area contributed by atoms with Gasteiger partial charge in [0.15, 0.2) is 0 Å². The fraction of sp³-hybridized carbons (Fsp3) is 0. The average Bonchev–Trinajstić information content (AvgIpc) is 2.09. The zero-order valence-corrected chi connectivity index (χ0v) is 6.79. The normalized spacial score (nSPS) is 20.5. The summed E-state index contributed by atoms with van der Waals surface area (Å²) < 4.78 is 0.294. The third kappa shape index (κ3) is 2.02. The third-order valence-corrected chi connectivity index (χ3v) is 2.06. The van der Waals surface area contributed by atoms with Gasteiger partial charge in [0.05, 0.1) is 4.91 Å². The Bertz CT molecular complexity index is 271. The van der Waals surface area contributed by atoms with Crippen LogP contribution in [0.25, 0.3) is 0 Å². The molecule has 0 aromatic heterocycles. The molecule has 6 heteroatoms. The van der Waals surface area contributed by atoms with Crippen LogP contribution in [0.3, 0.4) is 0 Å². The molecule has 1 amide bonds. The molecule has 1 heterocycles. The number of carboxylic acids is 1. The molecule has 0 unspecified atom stereocenters. The lowest BCUT2D eigenvalue weighted by molar-refractivity contribution is -0.131. The first-order valence-corrected chi connectivity index (χ1v) is 3.80. The standard InChI is InChI=1S/C5H3NO3S2/c7-3(8)1-2-4(9)6-5(10)11-2/h1H,(H,7,8)(H,6,9,10)/b2-1+. The number of amides is 1. The molecule has 0 aliphatic carbocycles. The number of hydrogen-bond acceptors (Lipinski definition) is 4. The molecular formula is C5H3NO3S2. The molecular weight excluding hydrogens is 186 g/mol. The minimum absolute atomic E-state index is 0.127. The predicted molar refractivity (Wildman–Crippen MR) is 44.1 cm³/mol. The van der Waals surface area contributed by atoms with Crippen molar-refractivity contribution >= 4 is 40.2 Å². The maximum atomic E-state index is 10.8. The summed E-state index contributed by atoms with van der Waals surface area (Å²) in [7, 11) is 0. The van der Waals surface area contributed by atoms with E-state index >= 15 is 0 Å². The van der Waals surface area contributed by atoms with Crippen molar-refractivity contribution < 1.29 is 14.7 Å². The first-order chi connectivity index (χ1) is 5.09. The quantitative estimate of drug-likeness (QED) is 0.452. The average molecular weight is 189 g/mol. The van der Waals surface area contributed by atoms with E-state index in [0.717, 1.165) is 17.8 Å². The third-order valence-electron chi connectivity index (χ3n) is 0.897. The second kappa shape index (κ2) is 3.02. The van der Waals surface area contributed by atoms with Gasteiger partial charge < -0.3 is 10.4 Å². The molecule has 2 N–H and O–H groups in total. The first kappa shape index (κ1) is 8.22. The highest BCUT2D eigenvalue weighted by molar-refractivity contribution is 8.26. The minimum Gasteiger partial charge on any atom is -0.478 e. The number of rotatable bonds is 1. The van der Waals surface area contributed by atoms with Crippen molar-refractivity contribution in [2.75, 3.05) is 0 Å². The van der Waals surface area contributed by atoms with Gasteiger partial charge in [0.25, 0.3) is 5.91 Å². The van der Waals surface area contributed by atoms with Gasteiger partial charge in [0.1, 0.15) is 4.32 Å². The van der Waals surface area contributed by atoms with Crippen molar-refractivity contribution in [2.45, 2.75) is 0 Å². The van der Waals surface area contributed by atoms with Gasteiger partial charge >= 0.3 is 5.97 Å². The Kier molecular flexibility index (Phi) is 2.25. The van der Waals surface area contributed by atoms with Gasteiger partial charge in [-0.05, 0) is 0 Å². The van der Waals surface area contributed by atoms with Crippen molar-refractivity contribution in [1.82, 2.24) is 5.32 Å². The summed E-state index contributed by atoms with van der Waals surface area (Å²) in [5.41, 5.74) is 0. The fourth-order valence-electron chi connectivity index (χ4n) is 0.533. The van der Waals surface area contributed by atoms with E-state index in [1.807, 2.05) is 0 Å². The summed E-state index contributed by atoms with van der Waals surface area (Å²) in [6.45, 7) is 0. The van der Waals surface area contributed by atoms with Gasteiger partial charge in [-0.1, -0.05) is 24.0 Å². The van der Waals surface area contributed by atoms with Crippen molar-refractivity contribution in [2.24, 2.45) is 0 Å². The van der Waals surface area contributed by atoms with E-state index in [2.05, 4.69) is 17.5 Å². The van der Waals surface area contributed by atoms with Crippen molar-refractivity contribution in [3.8, 4) is 0 Å². The molecule has 1 saturated heterocycles. The number of nitrogens with one attached hydrogen (secondary N) is 1. The second-order valence-corrected chi connectivity index (χ2v) is 3.41. The van der Waals surface area contributed by atoms with Crippen LogP contribution in [0.4, 0.5) is 0 Å². The van der Waals surface area contributed by atoms with Crippen LogP contribution in [-0.2, 0) is 9.59 Å². The molecule has 11 heavy (non-hydrogen) atoms. The van der Waals surface area contributed by atoms with Crippen LogP contribution in [0.15, 0.2) is 11.0 Å². The Morgan fingerprint density at radius 2 is 2.36 bits per heavy atom. The maximum Gasteiger partial charge on any atom is 0.329 e. The van der Waals surface area contributed by atoms with Gasteiger partial charge in [-0.25, -0.2) is 4.79 Å². The number of aliphatic carboxylic acids is 1. The van der Waals surface area contributed by atoms with Crippen LogP contribution < -0.4 is 5.32 Å². The van der Waals surface area contributed by atoms with E-state index in [0.29, 0.717) is 4.32 Å². The van der Waals surface area contributed by atoms with E-state index in [1.54, 1.807) is 0 Å². The van der Waals surface area contributed by atoms with Crippen LogP contribution in [0.5, 0.6) is 0 Å². The topological polar surface area (TPSA) is 66.4 Å². The lowest BCUT2D eigenvalue weighted by Crippen LogP contribution is -2.18. The zero-order chi connectivity index (χ0) is 8.43. The summed E-state index contributed by atoms with van der Waals surface area (Å²) in [6, 6.07) is 0. The van der Waals surface area contributed by atoms with E-state index in [1.165, 1.54) is 0 Å². The number of thioether (sulfide) groups is 1. The molecule has 0 spiro atoms. The number of carbonyl (C=O) groups excluding carboxylic acids is 1. The molecule has 0 saturated carbocycles. The molecule has 1 fully saturated rings. The molecule has 0 atom stereocenters. The smallest absolute Gasteiger partial charge is 0.329 e. The Hall–Kier alpha value is -0.880.